The highest BCUT2D eigenvalue weighted by atomic mass is 16.4. The third kappa shape index (κ3) is 7.74. The van der Waals surface area contributed by atoms with Gasteiger partial charge in [-0.15, -0.1) is 0 Å². The van der Waals surface area contributed by atoms with Gasteiger partial charge in [-0.2, -0.15) is 0 Å². The molecule has 0 aromatic rings. The van der Waals surface area contributed by atoms with Crippen molar-refractivity contribution < 1.29 is 15.0 Å². The van der Waals surface area contributed by atoms with Gasteiger partial charge in [-0.05, 0) is 24.7 Å². The first-order valence-electron chi connectivity index (χ1n) is 4.57. The molecule has 0 aliphatic heterocycles. The van der Waals surface area contributed by atoms with Crippen molar-refractivity contribution in [3.63, 3.8) is 0 Å². The maximum absolute atomic E-state index is 10.5. The van der Waals surface area contributed by atoms with Crippen LogP contribution in [0.3, 0.4) is 0 Å². The van der Waals surface area contributed by atoms with Crippen LogP contribution in [0.2, 0.25) is 0 Å². The molecule has 13 heavy (non-hydrogen) atoms. The summed E-state index contributed by atoms with van der Waals surface area (Å²) in [4.78, 5) is 10.5. The van der Waals surface area contributed by atoms with E-state index in [2.05, 4.69) is 0 Å². The van der Waals surface area contributed by atoms with E-state index < -0.39 is 12.2 Å². The molecule has 0 aliphatic carbocycles. The maximum Gasteiger partial charge on any atom is 0.303 e. The van der Waals surface area contributed by atoms with Crippen molar-refractivity contribution in [2.75, 3.05) is 0 Å². The van der Waals surface area contributed by atoms with Gasteiger partial charge in [-0.3, -0.25) is 4.79 Å². The van der Waals surface area contributed by atoms with Crippen LogP contribution in [-0.2, 0) is 4.79 Å². The zero-order valence-corrected chi connectivity index (χ0v) is 8.23. The number of hydrogen-bond donors (Lipinski definition) is 3. The first-order valence-corrected chi connectivity index (χ1v) is 4.57. The Bertz CT molecular complexity index is 147. The molecule has 0 radical (unpaired) electrons. The Balaban J connectivity index is 3.95. The number of aliphatic hydroxyl groups is 1. The van der Waals surface area contributed by atoms with E-state index in [1.165, 1.54) is 0 Å². The van der Waals surface area contributed by atoms with Crippen LogP contribution in [0.5, 0.6) is 0 Å². The fourth-order valence-electron chi connectivity index (χ4n) is 1.52. The molecular weight excluding hydrogens is 170 g/mol. The Morgan fingerprint density at radius 1 is 1.38 bits per heavy atom. The molecule has 4 N–H and O–H groups in total. The second-order valence-electron chi connectivity index (χ2n) is 3.90. The highest BCUT2D eigenvalue weighted by Crippen LogP contribution is 2.19. The van der Waals surface area contributed by atoms with Gasteiger partial charge < -0.3 is 15.9 Å². The summed E-state index contributed by atoms with van der Waals surface area (Å²) in [5, 5.41) is 17.5. The number of hydrogen-bond acceptors (Lipinski definition) is 3. The number of rotatable bonds is 6. The quantitative estimate of drug-likeness (QED) is 0.539. The Labute approximate surface area is 78.7 Å². The van der Waals surface area contributed by atoms with Gasteiger partial charge in [0.05, 0.1) is 0 Å². The molecule has 0 spiro atoms. The normalized spacial score (nSPS) is 15.8. The minimum atomic E-state index is -0.900. The van der Waals surface area contributed by atoms with Crippen molar-refractivity contribution in [1.29, 1.82) is 0 Å². The average Bonchev–Trinajstić information content (AvgIpc) is 1.80. The lowest BCUT2D eigenvalue weighted by molar-refractivity contribution is -0.138. The summed E-state index contributed by atoms with van der Waals surface area (Å²) < 4.78 is 0. The van der Waals surface area contributed by atoms with Crippen LogP contribution in [0.4, 0.5) is 0 Å². The predicted octanol–water partition coefficient (Wildman–Crippen LogP) is 0.791. The molecular formula is C9H19NO3. The van der Waals surface area contributed by atoms with Gasteiger partial charge in [0.15, 0.2) is 0 Å². The summed E-state index contributed by atoms with van der Waals surface area (Å²) in [5.41, 5.74) is 5.21. The zero-order chi connectivity index (χ0) is 10.4. The highest BCUT2D eigenvalue weighted by Gasteiger charge is 2.16. The van der Waals surface area contributed by atoms with Crippen LogP contribution >= 0.6 is 0 Å². The standard InChI is InChI=1S/C9H19NO3/c1-6(2)3-7(4-8(10)11)5-9(12)13/h6-8,11H,3-5,10H2,1-2H3,(H,12,13)/t7-,8-/m1/s1. The number of carbonyl (C=O) groups is 1. The van der Waals surface area contributed by atoms with E-state index in [0.29, 0.717) is 12.3 Å². The Morgan fingerprint density at radius 2 is 1.92 bits per heavy atom. The van der Waals surface area contributed by atoms with E-state index in [9.17, 15) is 4.79 Å². The van der Waals surface area contributed by atoms with E-state index in [4.69, 9.17) is 15.9 Å². The first-order chi connectivity index (χ1) is 5.91. The molecule has 0 amide bonds. The monoisotopic (exact) mass is 189 g/mol. The SMILES string of the molecule is CC(C)C[C@@H](CC(=O)O)C[C@H](N)O. The van der Waals surface area contributed by atoms with Crippen LogP contribution in [0.25, 0.3) is 0 Å². The molecule has 0 saturated heterocycles. The smallest absolute Gasteiger partial charge is 0.303 e. The Kier molecular flexibility index (Phi) is 5.66. The molecule has 0 fully saturated rings. The summed E-state index contributed by atoms with van der Waals surface area (Å²) >= 11 is 0. The number of aliphatic carboxylic acids is 1. The predicted molar refractivity (Wildman–Crippen MR) is 50.0 cm³/mol. The minimum absolute atomic E-state index is 0.0162. The first kappa shape index (κ1) is 12.4. The van der Waals surface area contributed by atoms with Crippen LogP contribution in [0.1, 0.15) is 33.1 Å². The Hall–Kier alpha value is -0.610. The third-order valence-corrected chi connectivity index (χ3v) is 1.84. The van der Waals surface area contributed by atoms with Crippen LogP contribution in [0.15, 0.2) is 0 Å². The van der Waals surface area contributed by atoms with Gasteiger partial charge >= 0.3 is 5.97 Å². The van der Waals surface area contributed by atoms with Crippen molar-refractivity contribution in [1.82, 2.24) is 0 Å². The molecule has 2 atom stereocenters. The second-order valence-corrected chi connectivity index (χ2v) is 3.90. The van der Waals surface area contributed by atoms with E-state index in [1.54, 1.807) is 0 Å². The van der Waals surface area contributed by atoms with Crippen LogP contribution < -0.4 is 5.73 Å². The van der Waals surface area contributed by atoms with E-state index >= 15 is 0 Å². The van der Waals surface area contributed by atoms with Crippen molar-refractivity contribution >= 4 is 5.97 Å². The van der Waals surface area contributed by atoms with Gasteiger partial charge in [-0.25, -0.2) is 0 Å². The van der Waals surface area contributed by atoms with E-state index in [1.807, 2.05) is 13.8 Å². The highest BCUT2D eigenvalue weighted by molar-refractivity contribution is 5.67. The summed E-state index contributed by atoms with van der Waals surface area (Å²) in [7, 11) is 0. The molecule has 0 aliphatic rings. The van der Waals surface area contributed by atoms with Crippen LogP contribution in [-0.4, -0.2) is 22.4 Å². The fraction of sp³-hybridized carbons (Fsp3) is 0.889. The molecule has 4 nitrogen and oxygen atoms in total. The van der Waals surface area contributed by atoms with Gasteiger partial charge in [0.1, 0.15) is 6.23 Å². The van der Waals surface area contributed by atoms with E-state index in [0.717, 1.165) is 6.42 Å². The van der Waals surface area contributed by atoms with E-state index in [-0.39, 0.29) is 12.3 Å². The lowest BCUT2D eigenvalue weighted by atomic mass is 9.91. The summed E-state index contributed by atoms with van der Waals surface area (Å²) in [6, 6.07) is 0. The third-order valence-electron chi connectivity index (χ3n) is 1.84. The lowest BCUT2D eigenvalue weighted by Crippen LogP contribution is -2.24. The number of nitrogens with two attached hydrogens (primary N) is 1. The largest absolute Gasteiger partial charge is 0.481 e. The molecule has 0 bridgehead atoms. The van der Waals surface area contributed by atoms with Crippen molar-refractivity contribution in [2.45, 2.75) is 39.3 Å². The number of carboxylic acid groups (broad SMARTS) is 1. The molecule has 4 heteroatoms. The summed E-state index contributed by atoms with van der Waals surface area (Å²) in [5.74, 6) is -0.410. The fourth-order valence-corrected chi connectivity index (χ4v) is 1.52. The summed E-state index contributed by atoms with van der Waals surface area (Å²) in [6.45, 7) is 4.05. The van der Waals surface area contributed by atoms with Gasteiger partial charge in [0.2, 0.25) is 0 Å². The molecule has 0 heterocycles. The topological polar surface area (TPSA) is 83.5 Å². The summed E-state index contributed by atoms with van der Waals surface area (Å²) in [6.07, 6.45) is 0.348. The molecule has 0 saturated carbocycles. The number of aliphatic hydroxyl groups excluding tert-OH is 1. The molecule has 0 rings (SSSR count). The molecule has 0 unspecified atom stereocenters. The maximum atomic E-state index is 10.5. The van der Waals surface area contributed by atoms with Crippen molar-refractivity contribution in [2.24, 2.45) is 17.6 Å². The minimum Gasteiger partial charge on any atom is -0.481 e. The average molecular weight is 189 g/mol. The lowest BCUT2D eigenvalue weighted by Gasteiger charge is -2.18. The molecule has 0 aromatic heterocycles. The Morgan fingerprint density at radius 3 is 2.23 bits per heavy atom. The molecule has 78 valence electrons. The van der Waals surface area contributed by atoms with Crippen LogP contribution in [0, 0.1) is 11.8 Å². The van der Waals surface area contributed by atoms with Gasteiger partial charge in [-0.1, -0.05) is 13.8 Å². The second kappa shape index (κ2) is 5.94. The van der Waals surface area contributed by atoms with Gasteiger partial charge in [0, 0.05) is 6.42 Å². The van der Waals surface area contributed by atoms with Crippen molar-refractivity contribution in [3.05, 3.63) is 0 Å². The molecule has 0 aromatic carbocycles. The zero-order valence-electron chi connectivity index (χ0n) is 8.23. The van der Waals surface area contributed by atoms with Gasteiger partial charge in [0.25, 0.3) is 0 Å². The number of carboxylic acids is 1. The van der Waals surface area contributed by atoms with Crippen molar-refractivity contribution in [3.8, 4) is 0 Å².